The maximum atomic E-state index is 13.6. The first-order valence-corrected chi connectivity index (χ1v) is 11.5. The summed E-state index contributed by atoms with van der Waals surface area (Å²) < 4.78 is 13.4. The number of aryl methyl sites for hydroxylation is 1. The van der Waals surface area contributed by atoms with Gasteiger partial charge in [-0.1, -0.05) is 18.2 Å². The Labute approximate surface area is 190 Å². The van der Waals surface area contributed by atoms with Gasteiger partial charge in [0.2, 0.25) is 0 Å². The van der Waals surface area contributed by atoms with Crippen molar-refractivity contribution >= 4 is 28.3 Å². The minimum Gasteiger partial charge on any atom is -0.486 e. The zero-order chi connectivity index (χ0) is 22.1. The van der Waals surface area contributed by atoms with Gasteiger partial charge < -0.3 is 14.4 Å². The summed E-state index contributed by atoms with van der Waals surface area (Å²) in [5.41, 5.74) is 3.08. The maximum Gasteiger partial charge on any atom is 0.255 e. The number of thiophene rings is 1. The van der Waals surface area contributed by atoms with E-state index < -0.39 is 0 Å². The number of benzene rings is 1. The van der Waals surface area contributed by atoms with E-state index in [1.165, 1.54) is 4.88 Å². The number of rotatable bonds is 6. The zero-order valence-electron chi connectivity index (χ0n) is 18.1. The molecule has 0 atom stereocenters. The van der Waals surface area contributed by atoms with Crippen LogP contribution in [0.3, 0.4) is 0 Å². The van der Waals surface area contributed by atoms with Gasteiger partial charge in [0.1, 0.15) is 13.2 Å². The summed E-state index contributed by atoms with van der Waals surface area (Å²) in [5.74, 6) is 1.41. The lowest BCUT2D eigenvalue weighted by Gasteiger charge is -2.25. The molecule has 7 nitrogen and oxygen atoms in total. The molecule has 32 heavy (non-hydrogen) atoms. The van der Waals surface area contributed by atoms with Crippen molar-refractivity contribution in [2.24, 2.45) is 0 Å². The molecule has 4 aromatic rings. The number of amides is 1. The SMILES string of the molecule is CCN(Cc1cccc2c1OCCO2)C(=O)c1cc(C)nc2c1cnn2Cc1cccs1. The highest BCUT2D eigenvalue weighted by molar-refractivity contribution is 7.09. The summed E-state index contributed by atoms with van der Waals surface area (Å²) in [6.45, 7) is 6.58. The fraction of sp³-hybridized carbons (Fsp3) is 0.292. The van der Waals surface area contributed by atoms with E-state index >= 15 is 0 Å². The van der Waals surface area contributed by atoms with Gasteiger partial charge in [0, 0.05) is 29.2 Å². The van der Waals surface area contributed by atoms with Gasteiger partial charge in [0.05, 0.1) is 23.7 Å². The molecule has 0 radical (unpaired) electrons. The summed E-state index contributed by atoms with van der Waals surface area (Å²) in [7, 11) is 0. The van der Waals surface area contributed by atoms with E-state index in [4.69, 9.17) is 9.47 Å². The van der Waals surface area contributed by atoms with Crippen LogP contribution in [0.1, 0.15) is 33.4 Å². The van der Waals surface area contributed by atoms with Gasteiger partial charge in [-0.2, -0.15) is 5.10 Å². The first-order chi connectivity index (χ1) is 15.6. The molecular weight excluding hydrogens is 424 g/mol. The van der Waals surface area contributed by atoms with Gasteiger partial charge in [-0.15, -0.1) is 11.3 Å². The van der Waals surface area contributed by atoms with Crippen molar-refractivity contribution in [2.75, 3.05) is 19.8 Å². The van der Waals surface area contributed by atoms with Gasteiger partial charge in [0.25, 0.3) is 5.91 Å². The van der Waals surface area contributed by atoms with Crippen molar-refractivity contribution in [2.45, 2.75) is 26.9 Å². The Balaban J connectivity index is 1.47. The number of carbonyl (C=O) groups is 1. The van der Waals surface area contributed by atoms with Gasteiger partial charge in [-0.3, -0.25) is 4.79 Å². The van der Waals surface area contributed by atoms with Crippen molar-refractivity contribution in [3.63, 3.8) is 0 Å². The fourth-order valence-electron chi connectivity index (χ4n) is 3.98. The third-order valence-electron chi connectivity index (χ3n) is 5.53. The van der Waals surface area contributed by atoms with Crippen LogP contribution in [0.25, 0.3) is 11.0 Å². The second kappa shape index (κ2) is 8.63. The topological polar surface area (TPSA) is 69.5 Å². The number of fused-ring (bicyclic) bond motifs is 2. The quantitative estimate of drug-likeness (QED) is 0.440. The molecule has 0 saturated heterocycles. The third kappa shape index (κ3) is 3.82. The molecule has 0 saturated carbocycles. The van der Waals surface area contributed by atoms with Crippen LogP contribution in [0.2, 0.25) is 0 Å². The molecule has 0 unspecified atom stereocenters. The van der Waals surface area contributed by atoms with Crippen molar-refractivity contribution in [1.82, 2.24) is 19.7 Å². The van der Waals surface area contributed by atoms with Crippen LogP contribution >= 0.6 is 11.3 Å². The molecule has 1 aliphatic rings. The number of aromatic nitrogens is 3. The summed E-state index contributed by atoms with van der Waals surface area (Å²) >= 11 is 1.68. The molecule has 0 bridgehead atoms. The molecule has 1 aromatic carbocycles. The van der Waals surface area contributed by atoms with Crippen LogP contribution in [0.4, 0.5) is 0 Å². The number of pyridine rings is 1. The van der Waals surface area contributed by atoms with E-state index in [1.54, 1.807) is 17.5 Å². The van der Waals surface area contributed by atoms with Gasteiger partial charge in [-0.05, 0) is 37.4 Å². The Bertz CT molecular complexity index is 1270. The number of para-hydroxylation sites is 1. The molecule has 1 aliphatic heterocycles. The van der Waals surface area contributed by atoms with Gasteiger partial charge in [0.15, 0.2) is 17.1 Å². The average Bonchev–Trinajstić information content (AvgIpc) is 3.47. The highest BCUT2D eigenvalue weighted by atomic mass is 32.1. The number of carbonyl (C=O) groups excluding carboxylic acids is 1. The first kappa shape index (κ1) is 20.5. The second-order valence-electron chi connectivity index (χ2n) is 7.69. The molecule has 0 spiro atoms. The number of hydrogen-bond acceptors (Lipinski definition) is 6. The van der Waals surface area contributed by atoms with E-state index in [-0.39, 0.29) is 5.91 Å². The molecule has 5 rings (SSSR count). The third-order valence-corrected chi connectivity index (χ3v) is 6.39. The molecule has 0 aliphatic carbocycles. The van der Waals surface area contributed by atoms with E-state index in [0.29, 0.717) is 38.4 Å². The van der Waals surface area contributed by atoms with E-state index in [1.807, 2.05) is 59.1 Å². The molecular formula is C24H24N4O3S. The Morgan fingerprint density at radius 1 is 1.22 bits per heavy atom. The van der Waals surface area contributed by atoms with E-state index in [9.17, 15) is 4.79 Å². The second-order valence-corrected chi connectivity index (χ2v) is 8.72. The van der Waals surface area contributed by atoms with Crippen LogP contribution < -0.4 is 9.47 Å². The van der Waals surface area contributed by atoms with Gasteiger partial charge >= 0.3 is 0 Å². The highest BCUT2D eigenvalue weighted by Crippen LogP contribution is 2.34. The minimum atomic E-state index is -0.0481. The molecule has 1 amide bonds. The molecule has 8 heteroatoms. The number of nitrogens with zero attached hydrogens (tertiary/aromatic N) is 4. The van der Waals surface area contributed by atoms with Crippen molar-refractivity contribution in [3.05, 3.63) is 69.7 Å². The predicted molar refractivity (Wildman–Crippen MR) is 124 cm³/mol. The predicted octanol–water partition coefficient (Wildman–Crippen LogP) is 4.28. The van der Waals surface area contributed by atoms with Crippen LogP contribution in [-0.2, 0) is 13.1 Å². The molecule has 0 N–H and O–H groups in total. The van der Waals surface area contributed by atoms with E-state index in [0.717, 1.165) is 33.8 Å². The Morgan fingerprint density at radius 3 is 2.91 bits per heavy atom. The lowest BCUT2D eigenvalue weighted by atomic mass is 10.1. The van der Waals surface area contributed by atoms with Crippen LogP contribution in [0.5, 0.6) is 11.5 Å². The normalized spacial score (nSPS) is 12.8. The highest BCUT2D eigenvalue weighted by Gasteiger charge is 2.23. The lowest BCUT2D eigenvalue weighted by Crippen LogP contribution is -2.31. The lowest BCUT2D eigenvalue weighted by molar-refractivity contribution is 0.0751. The molecule has 4 heterocycles. The maximum absolute atomic E-state index is 13.6. The first-order valence-electron chi connectivity index (χ1n) is 10.7. The zero-order valence-corrected chi connectivity index (χ0v) is 18.9. The van der Waals surface area contributed by atoms with Crippen molar-refractivity contribution in [3.8, 4) is 11.5 Å². The van der Waals surface area contributed by atoms with Gasteiger partial charge in [-0.25, -0.2) is 9.67 Å². The average molecular weight is 449 g/mol. The summed E-state index contributed by atoms with van der Waals surface area (Å²) in [6.07, 6.45) is 1.75. The van der Waals surface area contributed by atoms with Crippen molar-refractivity contribution < 1.29 is 14.3 Å². The van der Waals surface area contributed by atoms with Crippen molar-refractivity contribution in [1.29, 1.82) is 0 Å². The summed E-state index contributed by atoms with van der Waals surface area (Å²) in [5, 5.41) is 7.35. The Kier molecular flexibility index (Phi) is 5.53. The number of hydrogen-bond donors (Lipinski definition) is 0. The standard InChI is InChI=1S/C24H24N4O3S/c1-3-27(14-17-6-4-8-21-22(17)31-10-9-30-21)24(29)19-12-16(2)26-23-20(19)13-25-28(23)15-18-7-5-11-32-18/h4-8,11-13H,3,9-10,14-15H2,1-2H3. The largest absolute Gasteiger partial charge is 0.486 e. The molecule has 164 valence electrons. The van der Waals surface area contributed by atoms with Crippen LogP contribution in [-0.4, -0.2) is 45.3 Å². The van der Waals surface area contributed by atoms with E-state index in [2.05, 4.69) is 16.1 Å². The number of ether oxygens (including phenoxy) is 2. The summed E-state index contributed by atoms with van der Waals surface area (Å²) in [4.78, 5) is 21.3. The monoisotopic (exact) mass is 448 g/mol. The minimum absolute atomic E-state index is 0.0481. The summed E-state index contributed by atoms with van der Waals surface area (Å²) in [6, 6.07) is 11.8. The molecule has 3 aromatic heterocycles. The fourth-order valence-corrected chi connectivity index (χ4v) is 4.66. The Morgan fingerprint density at radius 2 is 2.09 bits per heavy atom. The Hall–Kier alpha value is -3.39. The van der Waals surface area contributed by atoms with Crippen LogP contribution in [0, 0.1) is 6.92 Å². The smallest absolute Gasteiger partial charge is 0.255 e. The molecule has 0 fully saturated rings. The van der Waals surface area contributed by atoms with Crippen LogP contribution in [0.15, 0.2) is 48.0 Å².